The van der Waals surface area contributed by atoms with Gasteiger partial charge in [-0.05, 0) is 60.3 Å². The van der Waals surface area contributed by atoms with Gasteiger partial charge in [-0.1, -0.05) is 31.5 Å². The van der Waals surface area contributed by atoms with E-state index in [-0.39, 0.29) is 12.2 Å². The number of rotatable bonds is 10. The van der Waals surface area contributed by atoms with Crippen molar-refractivity contribution < 1.29 is 19.4 Å². The molecule has 1 aliphatic rings. The number of ether oxygens (including phenoxy) is 1. The summed E-state index contributed by atoms with van der Waals surface area (Å²) in [5.74, 6) is -1.50. The summed E-state index contributed by atoms with van der Waals surface area (Å²) in [6.45, 7) is 3.44. The number of hydrogen-bond donors (Lipinski definition) is 2. The fourth-order valence-corrected chi connectivity index (χ4v) is 5.24. The van der Waals surface area contributed by atoms with Crippen LogP contribution in [0.5, 0.6) is 5.75 Å². The number of nitrogens with two attached hydrogens (primary N) is 1. The van der Waals surface area contributed by atoms with Gasteiger partial charge in [0.25, 0.3) is 0 Å². The summed E-state index contributed by atoms with van der Waals surface area (Å²) in [7, 11) is 1.61. The van der Waals surface area contributed by atoms with Gasteiger partial charge in [-0.25, -0.2) is 4.98 Å². The summed E-state index contributed by atoms with van der Waals surface area (Å²) in [6, 6.07) is 14.1. The van der Waals surface area contributed by atoms with Crippen LogP contribution in [0.2, 0.25) is 0 Å². The van der Waals surface area contributed by atoms with Crippen molar-refractivity contribution >= 4 is 11.9 Å². The smallest absolute Gasteiger partial charge is 0.327 e. The molecule has 4 rings (SSSR count). The van der Waals surface area contributed by atoms with Crippen molar-refractivity contribution in [1.82, 2.24) is 14.5 Å². The first-order valence-corrected chi connectivity index (χ1v) is 12.3. The summed E-state index contributed by atoms with van der Waals surface area (Å²) in [6.07, 6.45) is 5.05. The Bertz CT molecular complexity index is 1310. The fourth-order valence-electron chi connectivity index (χ4n) is 5.24. The first kappa shape index (κ1) is 25.9. The molecule has 1 aliphatic heterocycles. The third-order valence-electron chi connectivity index (χ3n) is 7.22. The maximum Gasteiger partial charge on any atom is 0.327 e. The van der Waals surface area contributed by atoms with Crippen molar-refractivity contribution in [3.05, 3.63) is 82.9 Å². The van der Waals surface area contributed by atoms with Crippen LogP contribution >= 0.6 is 0 Å². The average molecular weight is 502 g/mol. The van der Waals surface area contributed by atoms with Gasteiger partial charge in [0.05, 0.1) is 30.8 Å². The molecule has 192 valence electrons. The molecule has 1 aromatic heterocycles. The number of carboxylic acids is 1. The predicted octanol–water partition coefficient (Wildman–Crippen LogP) is 2.85. The molecule has 0 saturated heterocycles. The number of nitrogens with zero attached hydrogens (tertiary/aromatic N) is 4. The molecule has 2 aromatic carbocycles. The maximum absolute atomic E-state index is 13.3. The van der Waals surface area contributed by atoms with Crippen LogP contribution in [0.4, 0.5) is 0 Å². The molecule has 9 heteroatoms. The molecule has 0 fully saturated rings. The fraction of sp³-hybridized carbons (Fsp3) is 0.357. The number of aromatic nitrogens is 2. The number of methoxy groups -OCH3 is 1. The van der Waals surface area contributed by atoms with Crippen LogP contribution in [0.1, 0.15) is 47.7 Å². The van der Waals surface area contributed by atoms with Crippen molar-refractivity contribution in [2.75, 3.05) is 13.7 Å². The first-order valence-electron chi connectivity index (χ1n) is 12.3. The molecular formula is C28H31N5O4. The Kier molecular flexibility index (Phi) is 7.60. The summed E-state index contributed by atoms with van der Waals surface area (Å²) < 4.78 is 7.07. The van der Waals surface area contributed by atoms with Gasteiger partial charge in [0.15, 0.2) is 0 Å². The van der Waals surface area contributed by atoms with Gasteiger partial charge in [0.1, 0.15) is 5.75 Å². The number of amides is 1. The van der Waals surface area contributed by atoms with Crippen molar-refractivity contribution in [3.63, 3.8) is 0 Å². The minimum absolute atomic E-state index is 0.236. The van der Waals surface area contributed by atoms with E-state index in [2.05, 4.69) is 22.9 Å². The Labute approximate surface area is 216 Å². The molecule has 2 atom stereocenters. The Morgan fingerprint density at radius 1 is 1.24 bits per heavy atom. The minimum Gasteiger partial charge on any atom is -0.497 e. The summed E-state index contributed by atoms with van der Waals surface area (Å²) in [4.78, 5) is 32.7. The van der Waals surface area contributed by atoms with E-state index >= 15 is 0 Å². The lowest BCUT2D eigenvalue weighted by atomic mass is 9.71. The predicted molar refractivity (Wildman–Crippen MR) is 137 cm³/mol. The molecule has 2 heterocycles. The topological polar surface area (TPSA) is 134 Å². The van der Waals surface area contributed by atoms with Crippen molar-refractivity contribution in [1.29, 1.82) is 5.26 Å². The molecule has 9 nitrogen and oxygen atoms in total. The number of nitriles is 1. The van der Waals surface area contributed by atoms with E-state index in [4.69, 9.17) is 15.7 Å². The summed E-state index contributed by atoms with van der Waals surface area (Å²) in [5.41, 5.74) is 7.58. The number of fused-ring (bicyclic) bond motifs is 1. The number of carbonyl (C=O) groups is 2. The van der Waals surface area contributed by atoms with E-state index in [0.717, 1.165) is 35.3 Å². The highest BCUT2D eigenvalue weighted by Gasteiger charge is 2.57. The van der Waals surface area contributed by atoms with E-state index in [1.54, 1.807) is 35.9 Å². The highest BCUT2D eigenvalue weighted by molar-refractivity contribution is 6.08. The van der Waals surface area contributed by atoms with Crippen molar-refractivity contribution in [3.8, 4) is 11.8 Å². The Balaban J connectivity index is 1.82. The summed E-state index contributed by atoms with van der Waals surface area (Å²) in [5, 5.41) is 19.8. The van der Waals surface area contributed by atoms with E-state index in [9.17, 15) is 14.7 Å². The molecule has 3 aromatic rings. The lowest BCUT2D eigenvalue weighted by molar-refractivity contribution is -0.153. The second-order valence-corrected chi connectivity index (χ2v) is 9.37. The van der Waals surface area contributed by atoms with Gasteiger partial charge in [-0.3, -0.25) is 14.5 Å². The number of carbonyl (C=O) groups excluding carboxylic acids is 1. The molecule has 1 amide bonds. The normalized spacial score (nSPS) is 16.8. The second-order valence-electron chi connectivity index (χ2n) is 9.37. The number of aliphatic carboxylic acids is 1. The van der Waals surface area contributed by atoms with Crippen LogP contribution in [-0.2, 0) is 34.5 Å². The number of primary amides is 1. The van der Waals surface area contributed by atoms with Gasteiger partial charge in [0.2, 0.25) is 11.3 Å². The molecule has 0 spiro atoms. The molecule has 0 aliphatic carbocycles. The molecule has 0 saturated carbocycles. The Morgan fingerprint density at radius 2 is 2.00 bits per heavy atom. The van der Waals surface area contributed by atoms with E-state index < -0.39 is 23.3 Å². The van der Waals surface area contributed by atoms with Crippen LogP contribution < -0.4 is 10.5 Å². The van der Waals surface area contributed by atoms with E-state index in [1.807, 2.05) is 18.2 Å². The van der Waals surface area contributed by atoms with Crippen LogP contribution in [0, 0.1) is 11.3 Å². The minimum atomic E-state index is -2.03. The molecule has 0 radical (unpaired) electrons. The largest absolute Gasteiger partial charge is 0.497 e. The molecular weight excluding hydrogens is 470 g/mol. The zero-order chi connectivity index (χ0) is 26.6. The third-order valence-corrected chi connectivity index (χ3v) is 7.22. The first-order chi connectivity index (χ1) is 17.8. The van der Waals surface area contributed by atoms with Crippen LogP contribution in [0.25, 0.3) is 0 Å². The monoisotopic (exact) mass is 501 g/mol. The highest BCUT2D eigenvalue weighted by atomic mass is 16.5. The number of unbranched alkanes of at least 4 members (excludes halogenated alkanes) is 1. The zero-order valence-electron chi connectivity index (χ0n) is 21.1. The number of hydrogen-bond acceptors (Lipinski definition) is 6. The number of carboxylic acid groups (broad SMARTS) is 1. The summed E-state index contributed by atoms with van der Waals surface area (Å²) >= 11 is 0. The lowest BCUT2D eigenvalue weighted by Crippen LogP contribution is -2.64. The van der Waals surface area contributed by atoms with Crippen LogP contribution in [0.3, 0.4) is 0 Å². The van der Waals surface area contributed by atoms with E-state index in [1.165, 1.54) is 12.5 Å². The van der Waals surface area contributed by atoms with Crippen molar-refractivity contribution in [2.24, 2.45) is 5.73 Å². The van der Waals surface area contributed by atoms with Gasteiger partial charge >= 0.3 is 5.97 Å². The average Bonchev–Trinajstić information content (AvgIpc) is 3.35. The van der Waals surface area contributed by atoms with Gasteiger partial charge in [-0.2, -0.15) is 5.26 Å². The molecule has 3 N–H and O–H groups in total. The molecule has 37 heavy (non-hydrogen) atoms. The van der Waals surface area contributed by atoms with Gasteiger partial charge < -0.3 is 20.1 Å². The highest BCUT2D eigenvalue weighted by Crippen LogP contribution is 2.39. The Morgan fingerprint density at radius 3 is 2.62 bits per heavy atom. The standard InChI is InChI=1S/C28H31N5O4/c1-3-4-11-32-17-22-12-23(37-2)10-9-21(22)13-24(32)28(26(30)34,27(35)36)25-15-31-18-33(25)16-20-7-5-19(14-29)6-8-20/h5-10,12,15,18,24H,3-4,11,13,16-17H2,1-2H3,(H2,30,34)(H,35,36). The Hall–Kier alpha value is -4.16. The van der Waals surface area contributed by atoms with Gasteiger partial charge in [-0.15, -0.1) is 0 Å². The van der Waals surface area contributed by atoms with E-state index in [0.29, 0.717) is 25.1 Å². The SMILES string of the molecule is CCCCN1Cc2cc(OC)ccc2CC1C(C(N)=O)(C(=O)O)c1cncn1Cc1ccc(C#N)cc1. The second kappa shape index (κ2) is 10.8. The maximum atomic E-state index is 13.3. The van der Waals surface area contributed by atoms with Crippen LogP contribution in [0.15, 0.2) is 55.0 Å². The molecule has 0 bridgehead atoms. The third kappa shape index (κ3) is 4.80. The van der Waals surface area contributed by atoms with Gasteiger partial charge in [0, 0.05) is 25.3 Å². The molecule has 2 unspecified atom stereocenters. The van der Waals surface area contributed by atoms with Crippen molar-refractivity contribution in [2.45, 2.75) is 50.7 Å². The zero-order valence-corrected chi connectivity index (χ0v) is 21.1. The number of benzene rings is 2. The number of imidazole rings is 1. The quantitative estimate of drug-likeness (QED) is 0.408. The van der Waals surface area contributed by atoms with Crippen LogP contribution in [-0.4, -0.2) is 51.1 Å². The lowest BCUT2D eigenvalue weighted by Gasteiger charge is -2.45.